The van der Waals surface area contributed by atoms with Gasteiger partial charge in [-0.1, -0.05) is 0 Å². The fourth-order valence-corrected chi connectivity index (χ4v) is 3.57. The van der Waals surface area contributed by atoms with Crippen LogP contribution in [0.25, 0.3) is 11.0 Å². The van der Waals surface area contributed by atoms with E-state index >= 15 is 0 Å². The summed E-state index contributed by atoms with van der Waals surface area (Å²) in [5.41, 5.74) is 0.854. The first-order chi connectivity index (χ1) is 11.8. The predicted molar refractivity (Wildman–Crippen MR) is 89.2 cm³/mol. The summed E-state index contributed by atoms with van der Waals surface area (Å²) < 4.78 is 0. The van der Waals surface area contributed by atoms with Gasteiger partial charge in [0.15, 0.2) is 0 Å². The number of nitriles is 1. The Morgan fingerprint density at radius 1 is 1.42 bits per heavy atom. The molecule has 7 nitrogen and oxygen atoms in total. The second kappa shape index (κ2) is 6.11. The molecule has 2 aromatic heterocycles. The number of H-pyrrole nitrogens is 1. The van der Waals surface area contributed by atoms with Crippen molar-refractivity contribution < 1.29 is 4.79 Å². The average Bonchev–Trinajstić information content (AvgIpc) is 3.12. The highest BCUT2D eigenvalue weighted by Crippen LogP contribution is 2.32. The van der Waals surface area contributed by atoms with Crippen molar-refractivity contribution in [3.05, 3.63) is 18.6 Å². The van der Waals surface area contributed by atoms with Crippen molar-refractivity contribution in [1.29, 1.82) is 5.26 Å². The molecule has 0 bridgehead atoms. The van der Waals surface area contributed by atoms with E-state index in [9.17, 15) is 4.79 Å². The molecule has 1 unspecified atom stereocenters. The number of anilines is 1. The number of rotatable bonds is 5. The number of nitrogens with one attached hydrogen (secondary N) is 1. The van der Waals surface area contributed by atoms with Gasteiger partial charge < -0.3 is 14.8 Å². The van der Waals surface area contributed by atoms with Crippen molar-refractivity contribution in [1.82, 2.24) is 19.9 Å². The Morgan fingerprint density at radius 2 is 2.29 bits per heavy atom. The Kier molecular flexibility index (Phi) is 3.81. The largest absolute Gasteiger partial charge is 0.356 e. The molecule has 24 heavy (non-hydrogen) atoms. The number of amides is 1. The lowest BCUT2D eigenvalue weighted by molar-refractivity contribution is -0.131. The summed E-state index contributed by atoms with van der Waals surface area (Å²) in [7, 11) is 0. The molecule has 2 fully saturated rings. The highest BCUT2D eigenvalue weighted by molar-refractivity contribution is 5.87. The van der Waals surface area contributed by atoms with Crippen LogP contribution in [0, 0.1) is 17.2 Å². The van der Waals surface area contributed by atoms with Crippen molar-refractivity contribution >= 4 is 22.8 Å². The van der Waals surface area contributed by atoms with E-state index < -0.39 is 0 Å². The first-order valence-electron chi connectivity index (χ1n) is 8.45. The smallest absolute Gasteiger partial charge is 0.237 e. The molecule has 4 rings (SSSR count). The van der Waals surface area contributed by atoms with E-state index in [-0.39, 0.29) is 12.3 Å². The van der Waals surface area contributed by atoms with Crippen molar-refractivity contribution in [2.75, 3.05) is 24.5 Å². The highest BCUT2D eigenvalue weighted by atomic mass is 16.2. The van der Waals surface area contributed by atoms with Crippen molar-refractivity contribution in [3.8, 4) is 6.07 Å². The molecular weight excluding hydrogens is 304 g/mol. The molecule has 2 aliphatic rings. The zero-order valence-electron chi connectivity index (χ0n) is 13.5. The fourth-order valence-electron chi connectivity index (χ4n) is 3.57. The molecule has 1 aliphatic carbocycles. The number of aromatic nitrogens is 3. The Hall–Kier alpha value is -2.62. The molecule has 0 radical (unpaired) electrons. The van der Waals surface area contributed by atoms with Gasteiger partial charge in [-0.2, -0.15) is 5.26 Å². The molecule has 1 N–H and O–H groups in total. The van der Waals surface area contributed by atoms with Crippen molar-refractivity contribution in [2.45, 2.75) is 31.7 Å². The van der Waals surface area contributed by atoms with Crippen LogP contribution in [0.3, 0.4) is 0 Å². The second-order valence-corrected chi connectivity index (χ2v) is 6.65. The summed E-state index contributed by atoms with van der Waals surface area (Å²) in [5.74, 6) is 1.37. The minimum Gasteiger partial charge on any atom is -0.356 e. The van der Waals surface area contributed by atoms with Crippen LogP contribution in [-0.4, -0.2) is 51.4 Å². The third-order valence-corrected chi connectivity index (χ3v) is 4.91. The van der Waals surface area contributed by atoms with Crippen LogP contribution >= 0.6 is 0 Å². The highest BCUT2D eigenvalue weighted by Gasteiger charge is 2.35. The zero-order valence-corrected chi connectivity index (χ0v) is 13.5. The summed E-state index contributed by atoms with van der Waals surface area (Å²) in [6, 6.07) is 4.35. The van der Waals surface area contributed by atoms with Gasteiger partial charge in [-0.25, -0.2) is 9.97 Å². The van der Waals surface area contributed by atoms with E-state index in [2.05, 4.69) is 19.9 Å². The third kappa shape index (κ3) is 2.80. The van der Waals surface area contributed by atoms with Gasteiger partial charge in [0.1, 0.15) is 24.2 Å². The van der Waals surface area contributed by atoms with Gasteiger partial charge in [0.2, 0.25) is 5.91 Å². The quantitative estimate of drug-likeness (QED) is 0.904. The maximum absolute atomic E-state index is 12.2. The monoisotopic (exact) mass is 324 g/mol. The van der Waals surface area contributed by atoms with Crippen molar-refractivity contribution in [2.24, 2.45) is 5.92 Å². The maximum atomic E-state index is 12.2. The van der Waals surface area contributed by atoms with Gasteiger partial charge in [-0.3, -0.25) is 4.79 Å². The van der Waals surface area contributed by atoms with Crippen molar-refractivity contribution in [3.63, 3.8) is 0 Å². The van der Waals surface area contributed by atoms with Crippen LogP contribution in [0.1, 0.15) is 25.7 Å². The summed E-state index contributed by atoms with van der Waals surface area (Å²) in [6.45, 7) is 2.58. The van der Waals surface area contributed by atoms with Gasteiger partial charge in [0.05, 0.1) is 11.5 Å². The van der Waals surface area contributed by atoms with Gasteiger partial charge in [0, 0.05) is 31.9 Å². The number of hydrogen-bond donors (Lipinski definition) is 1. The van der Waals surface area contributed by atoms with Crippen LogP contribution in [0.5, 0.6) is 0 Å². The van der Waals surface area contributed by atoms with Crippen LogP contribution in [0.4, 0.5) is 5.82 Å². The maximum Gasteiger partial charge on any atom is 0.237 e. The molecule has 1 saturated heterocycles. The number of fused-ring (bicyclic) bond motifs is 1. The molecule has 0 spiro atoms. The molecule has 1 amide bonds. The van der Waals surface area contributed by atoms with Crippen LogP contribution < -0.4 is 4.90 Å². The molecule has 3 heterocycles. The summed E-state index contributed by atoms with van der Waals surface area (Å²) in [5, 5.41) is 9.84. The first-order valence-corrected chi connectivity index (χ1v) is 8.45. The van der Waals surface area contributed by atoms with E-state index in [1.165, 1.54) is 0 Å². The Morgan fingerprint density at radius 3 is 3.08 bits per heavy atom. The Balaban J connectivity index is 1.45. The van der Waals surface area contributed by atoms with E-state index in [4.69, 9.17) is 5.26 Å². The molecule has 1 atom stereocenters. The minimum absolute atomic E-state index is 0.0111. The predicted octanol–water partition coefficient (Wildman–Crippen LogP) is 1.69. The SMILES string of the molecule is N#CCC(=O)N(CC1CCN(c2ncnc3[nH]ccc23)C1)C1CC1. The van der Waals surface area contributed by atoms with Gasteiger partial charge >= 0.3 is 0 Å². The average molecular weight is 324 g/mol. The lowest BCUT2D eigenvalue weighted by atomic mass is 10.1. The zero-order chi connectivity index (χ0) is 16.5. The summed E-state index contributed by atoms with van der Waals surface area (Å²) in [6.07, 6.45) is 6.65. The summed E-state index contributed by atoms with van der Waals surface area (Å²) in [4.78, 5) is 28.2. The van der Waals surface area contributed by atoms with Gasteiger partial charge in [0.25, 0.3) is 0 Å². The van der Waals surface area contributed by atoms with E-state index in [0.717, 1.165) is 55.7 Å². The van der Waals surface area contributed by atoms with E-state index in [0.29, 0.717) is 12.0 Å². The third-order valence-electron chi connectivity index (χ3n) is 4.91. The van der Waals surface area contributed by atoms with Crippen LogP contribution in [-0.2, 0) is 4.79 Å². The fraction of sp³-hybridized carbons (Fsp3) is 0.529. The minimum atomic E-state index is -0.0199. The second-order valence-electron chi connectivity index (χ2n) is 6.65. The normalized spacial score (nSPS) is 20.3. The molecule has 1 aliphatic heterocycles. The lowest BCUT2D eigenvalue weighted by Gasteiger charge is -2.25. The number of carbonyl (C=O) groups excluding carboxylic acids is 1. The van der Waals surface area contributed by atoms with Crippen LogP contribution in [0.2, 0.25) is 0 Å². The van der Waals surface area contributed by atoms with Crippen LogP contribution in [0.15, 0.2) is 18.6 Å². The molecular formula is C17H20N6O. The van der Waals surface area contributed by atoms with Gasteiger partial charge in [-0.05, 0) is 31.2 Å². The molecule has 124 valence electrons. The Bertz CT molecular complexity index is 790. The van der Waals surface area contributed by atoms with E-state index in [1.807, 2.05) is 23.2 Å². The molecule has 7 heteroatoms. The number of hydrogen-bond acceptors (Lipinski definition) is 5. The number of nitrogens with zero attached hydrogens (tertiary/aromatic N) is 5. The summed E-state index contributed by atoms with van der Waals surface area (Å²) >= 11 is 0. The molecule has 0 aromatic carbocycles. The van der Waals surface area contributed by atoms with Gasteiger partial charge in [-0.15, -0.1) is 0 Å². The Labute approximate surface area is 140 Å². The number of carbonyl (C=O) groups is 1. The first kappa shape index (κ1) is 14.9. The topological polar surface area (TPSA) is 88.9 Å². The lowest BCUT2D eigenvalue weighted by Crippen LogP contribution is -2.37. The number of aromatic amines is 1. The molecule has 1 saturated carbocycles. The standard InChI is InChI=1S/C17H20N6O/c18-6-3-15(24)23(13-1-2-13)10-12-5-8-22(9-12)17-14-4-7-19-16(14)20-11-21-17/h4,7,11-13H,1-3,5,8-10H2,(H,19,20,21). The van der Waals surface area contributed by atoms with E-state index in [1.54, 1.807) is 6.33 Å². The molecule has 2 aromatic rings.